The number of pyridine rings is 1. The Kier molecular flexibility index (Phi) is 5.41. The predicted molar refractivity (Wildman–Crippen MR) is 85.7 cm³/mol. The molecule has 1 unspecified atom stereocenters. The molecule has 2 N–H and O–H groups in total. The summed E-state index contributed by atoms with van der Waals surface area (Å²) in [7, 11) is 1.53. The minimum atomic E-state index is -0.393. The molecule has 0 aliphatic rings. The van der Waals surface area contributed by atoms with Crippen LogP contribution in [0.2, 0.25) is 0 Å². The van der Waals surface area contributed by atoms with Gasteiger partial charge in [-0.1, -0.05) is 19.1 Å². The topological polar surface area (TPSA) is 71.1 Å². The molecule has 0 aliphatic heterocycles. The van der Waals surface area contributed by atoms with Crippen LogP contribution in [-0.4, -0.2) is 23.8 Å². The molecular formula is C17H18FN3O2. The van der Waals surface area contributed by atoms with Gasteiger partial charge in [-0.2, -0.15) is 0 Å². The van der Waals surface area contributed by atoms with Crippen LogP contribution >= 0.6 is 0 Å². The van der Waals surface area contributed by atoms with Gasteiger partial charge in [-0.3, -0.25) is 9.59 Å². The molecule has 23 heavy (non-hydrogen) atoms. The fourth-order valence-electron chi connectivity index (χ4n) is 2.23. The minimum absolute atomic E-state index is 0.223. The van der Waals surface area contributed by atoms with Gasteiger partial charge in [-0.05, 0) is 36.2 Å². The zero-order chi connectivity index (χ0) is 16.8. The van der Waals surface area contributed by atoms with E-state index in [0.717, 1.165) is 5.56 Å². The van der Waals surface area contributed by atoms with E-state index in [1.165, 1.54) is 25.4 Å². The summed E-state index contributed by atoms with van der Waals surface area (Å²) < 4.78 is 13.0. The van der Waals surface area contributed by atoms with Gasteiger partial charge < -0.3 is 10.6 Å². The second kappa shape index (κ2) is 7.49. The smallest absolute Gasteiger partial charge is 0.252 e. The largest absolute Gasteiger partial charge is 0.355 e. The Bertz CT molecular complexity index is 684. The number of nitrogens with zero attached hydrogens (tertiary/aromatic N) is 1. The number of hydrogen-bond donors (Lipinski definition) is 2. The third-order valence-electron chi connectivity index (χ3n) is 3.50. The van der Waals surface area contributed by atoms with Gasteiger partial charge in [0.25, 0.3) is 5.91 Å². The lowest BCUT2D eigenvalue weighted by Gasteiger charge is -2.15. The van der Waals surface area contributed by atoms with Crippen LogP contribution in [0.4, 0.5) is 10.2 Å². The van der Waals surface area contributed by atoms with Crippen LogP contribution in [0.5, 0.6) is 0 Å². The summed E-state index contributed by atoms with van der Waals surface area (Å²) >= 11 is 0. The van der Waals surface area contributed by atoms with E-state index < -0.39 is 5.92 Å². The molecule has 120 valence electrons. The number of halogens is 1. The third-order valence-corrected chi connectivity index (χ3v) is 3.50. The Morgan fingerprint density at radius 2 is 1.87 bits per heavy atom. The molecule has 1 aromatic carbocycles. The van der Waals surface area contributed by atoms with Crippen LogP contribution in [0.3, 0.4) is 0 Å². The summed E-state index contributed by atoms with van der Waals surface area (Å²) in [6, 6.07) is 9.03. The van der Waals surface area contributed by atoms with Crippen LogP contribution < -0.4 is 10.6 Å². The second-order valence-corrected chi connectivity index (χ2v) is 5.01. The Hall–Kier alpha value is -2.76. The van der Waals surface area contributed by atoms with Gasteiger partial charge in [0.2, 0.25) is 5.91 Å². The third kappa shape index (κ3) is 4.12. The first-order chi connectivity index (χ1) is 11.0. The zero-order valence-corrected chi connectivity index (χ0v) is 13.0. The van der Waals surface area contributed by atoms with Gasteiger partial charge in [0.1, 0.15) is 11.6 Å². The predicted octanol–water partition coefficient (Wildman–Crippen LogP) is 2.71. The lowest BCUT2D eigenvalue weighted by molar-refractivity contribution is -0.117. The quantitative estimate of drug-likeness (QED) is 0.891. The molecule has 0 saturated heterocycles. The van der Waals surface area contributed by atoms with Crippen molar-refractivity contribution in [3.63, 3.8) is 0 Å². The highest BCUT2D eigenvalue weighted by molar-refractivity contribution is 5.96. The summed E-state index contributed by atoms with van der Waals surface area (Å²) in [5, 5.41) is 5.21. The number of benzene rings is 1. The van der Waals surface area contributed by atoms with Crippen molar-refractivity contribution < 1.29 is 14.0 Å². The fourth-order valence-corrected chi connectivity index (χ4v) is 2.23. The first-order valence-corrected chi connectivity index (χ1v) is 7.29. The normalized spacial score (nSPS) is 11.6. The van der Waals surface area contributed by atoms with Crippen molar-refractivity contribution >= 4 is 17.6 Å². The van der Waals surface area contributed by atoms with E-state index in [9.17, 15) is 14.0 Å². The van der Waals surface area contributed by atoms with Crippen LogP contribution in [0.1, 0.15) is 35.2 Å². The fraction of sp³-hybridized carbons (Fsp3) is 0.235. The number of amides is 2. The SMILES string of the molecule is CCC(C(=O)Nc1ccc(C(=O)NC)cn1)c1ccc(F)cc1. The summed E-state index contributed by atoms with van der Waals surface area (Å²) in [6.07, 6.45) is 1.97. The van der Waals surface area contributed by atoms with Crippen molar-refractivity contribution in [1.82, 2.24) is 10.3 Å². The van der Waals surface area contributed by atoms with Crippen molar-refractivity contribution in [2.45, 2.75) is 19.3 Å². The second-order valence-electron chi connectivity index (χ2n) is 5.01. The maximum absolute atomic E-state index is 13.0. The monoisotopic (exact) mass is 315 g/mol. The Morgan fingerprint density at radius 3 is 2.39 bits per heavy atom. The van der Waals surface area contributed by atoms with Gasteiger partial charge in [0.05, 0.1) is 11.5 Å². The molecule has 6 heteroatoms. The van der Waals surface area contributed by atoms with E-state index >= 15 is 0 Å². The lowest BCUT2D eigenvalue weighted by Crippen LogP contribution is -2.22. The molecule has 1 aromatic heterocycles. The molecule has 0 spiro atoms. The maximum Gasteiger partial charge on any atom is 0.252 e. The maximum atomic E-state index is 13.0. The van der Waals surface area contributed by atoms with Gasteiger partial charge in [0, 0.05) is 13.2 Å². The Morgan fingerprint density at radius 1 is 1.17 bits per heavy atom. The number of carbonyl (C=O) groups excluding carboxylic acids is 2. The van der Waals surface area contributed by atoms with Crippen molar-refractivity contribution in [1.29, 1.82) is 0 Å². The van der Waals surface area contributed by atoms with E-state index in [2.05, 4.69) is 15.6 Å². The molecule has 2 rings (SSSR count). The summed E-state index contributed by atoms with van der Waals surface area (Å²) in [5.74, 6) is -0.831. The molecular weight excluding hydrogens is 297 g/mol. The van der Waals surface area contributed by atoms with Crippen LogP contribution in [-0.2, 0) is 4.79 Å². The molecule has 5 nitrogen and oxygen atoms in total. The average Bonchev–Trinajstić information content (AvgIpc) is 2.57. The summed E-state index contributed by atoms with van der Waals surface area (Å²) in [4.78, 5) is 27.9. The van der Waals surface area contributed by atoms with E-state index in [1.54, 1.807) is 24.3 Å². The molecule has 1 atom stereocenters. The van der Waals surface area contributed by atoms with Crippen molar-refractivity contribution in [2.75, 3.05) is 12.4 Å². The van der Waals surface area contributed by atoms with Gasteiger partial charge in [0.15, 0.2) is 0 Å². The molecule has 2 aromatic rings. The van der Waals surface area contributed by atoms with Crippen molar-refractivity contribution in [3.05, 3.63) is 59.5 Å². The first kappa shape index (κ1) is 16.6. The van der Waals surface area contributed by atoms with Gasteiger partial charge in [-0.25, -0.2) is 9.37 Å². The number of aromatic nitrogens is 1. The van der Waals surface area contributed by atoms with Crippen LogP contribution in [0, 0.1) is 5.82 Å². The van der Waals surface area contributed by atoms with Crippen molar-refractivity contribution in [2.24, 2.45) is 0 Å². The number of anilines is 1. The standard InChI is InChI=1S/C17H18FN3O2/c1-3-14(11-4-7-13(18)8-5-11)17(23)21-15-9-6-12(10-20-15)16(22)19-2/h4-10,14H,3H2,1-2H3,(H,19,22)(H,20,21,23). The molecule has 0 radical (unpaired) electrons. The summed E-state index contributed by atoms with van der Waals surface area (Å²) in [5.41, 5.74) is 1.16. The number of hydrogen-bond acceptors (Lipinski definition) is 3. The highest BCUT2D eigenvalue weighted by Gasteiger charge is 2.19. The van der Waals surface area contributed by atoms with E-state index in [-0.39, 0.29) is 17.6 Å². The van der Waals surface area contributed by atoms with Crippen molar-refractivity contribution in [3.8, 4) is 0 Å². The number of carbonyl (C=O) groups is 2. The lowest BCUT2D eigenvalue weighted by atomic mass is 9.95. The molecule has 0 aliphatic carbocycles. The molecule has 0 saturated carbocycles. The highest BCUT2D eigenvalue weighted by Crippen LogP contribution is 2.21. The zero-order valence-electron chi connectivity index (χ0n) is 13.0. The van der Waals surface area contributed by atoms with Gasteiger partial charge in [-0.15, -0.1) is 0 Å². The van der Waals surface area contributed by atoms with Crippen LogP contribution in [0.25, 0.3) is 0 Å². The van der Waals surface area contributed by atoms with Crippen LogP contribution in [0.15, 0.2) is 42.6 Å². The Labute approximate surface area is 133 Å². The van der Waals surface area contributed by atoms with E-state index in [4.69, 9.17) is 0 Å². The molecule has 2 amide bonds. The number of nitrogens with one attached hydrogen (secondary N) is 2. The Balaban J connectivity index is 2.10. The van der Waals surface area contributed by atoms with E-state index in [0.29, 0.717) is 17.8 Å². The van der Waals surface area contributed by atoms with Gasteiger partial charge >= 0.3 is 0 Å². The highest BCUT2D eigenvalue weighted by atomic mass is 19.1. The van der Waals surface area contributed by atoms with E-state index in [1.807, 2.05) is 6.92 Å². The first-order valence-electron chi connectivity index (χ1n) is 7.29. The molecule has 0 fully saturated rings. The summed E-state index contributed by atoms with van der Waals surface area (Å²) in [6.45, 7) is 1.88. The number of rotatable bonds is 5. The molecule has 1 heterocycles. The molecule has 0 bridgehead atoms. The minimum Gasteiger partial charge on any atom is -0.355 e. The average molecular weight is 315 g/mol.